The van der Waals surface area contributed by atoms with Crippen molar-refractivity contribution in [2.75, 3.05) is 25.1 Å². The quantitative estimate of drug-likeness (QED) is 0.792. The molecule has 1 fully saturated rings. The maximum atomic E-state index is 4.74. The fourth-order valence-corrected chi connectivity index (χ4v) is 2.39. The van der Waals surface area contributed by atoms with Crippen molar-refractivity contribution in [3.63, 3.8) is 0 Å². The summed E-state index contributed by atoms with van der Waals surface area (Å²) in [6.07, 6.45) is 2.13. The van der Waals surface area contributed by atoms with Gasteiger partial charge in [-0.1, -0.05) is 18.2 Å². The van der Waals surface area contributed by atoms with E-state index < -0.39 is 0 Å². The number of nitrogens with zero attached hydrogens (tertiary/aromatic N) is 2. The molecule has 17 heavy (non-hydrogen) atoms. The minimum atomic E-state index is 1.05. The molecule has 92 valence electrons. The van der Waals surface area contributed by atoms with Crippen molar-refractivity contribution >= 4 is 11.4 Å². The van der Waals surface area contributed by atoms with E-state index in [1.807, 2.05) is 12.1 Å². The molecule has 0 radical (unpaired) electrons. The van der Waals surface area contributed by atoms with E-state index in [1.54, 1.807) is 0 Å². The average molecular weight is 231 g/mol. The molecule has 0 unspecified atom stereocenters. The summed E-state index contributed by atoms with van der Waals surface area (Å²) in [6.45, 7) is 6.39. The van der Waals surface area contributed by atoms with Crippen LogP contribution in [0.15, 0.2) is 23.3 Å². The van der Waals surface area contributed by atoms with Crippen molar-refractivity contribution in [3.8, 4) is 0 Å². The Morgan fingerprint density at radius 2 is 1.71 bits per heavy atom. The van der Waals surface area contributed by atoms with Crippen LogP contribution < -0.4 is 10.3 Å². The number of benzene rings is 1. The van der Waals surface area contributed by atoms with Gasteiger partial charge in [0.15, 0.2) is 0 Å². The van der Waals surface area contributed by atoms with Crippen molar-refractivity contribution in [1.29, 1.82) is 0 Å². The Hall–Kier alpha value is -1.35. The maximum Gasteiger partial charge on any atom is 0.0648 e. The van der Waals surface area contributed by atoms with Crippen LogP contribution in [-0.2, 0) is 0 Å². The largest absolute Gasteiger partial charge is 0.316 e. The summed E-state index contributed by atoms with van der Waals surface area (Å²) in [7, 11) is 2.05. The van der Waals surface area contributed by atoms with Crippen LogP contribution in [0.25, 0.3) is 0 Å². The summed E-state index contributed by atoms with van der Waals surface area (Å²) in [5, 5.41) is 10.1. The first-order chi connectivity index (χ1) is 8.18. The second kappa shape index (κ2) is 5.32. The van der Waals surface area contributed by atoms with E-state index in [-0.39, 0.29) is 0 Å². The normalized spacial score (nSPS) is 15.8. The third kappa shape index (κ3) is 2.86. The lowest BCUT2D eigenvalue weighted by Crippen LogP contribution is -2.29. The van der Waals surface area contributed by atoms with Crippen LogP contribution in [0.1, 0.15) is 24.0 Å². The van der Waals surface area contributed by atoms with E-state index in [0.29, 0.717) is 0 Å². The number of para-hydroxylation sites is 1. The Morgan fingerprint density at radius 1 is 1.12 bits per heavy atom. The highest BCUT2D eigenvalue weighted by atomic mass is 15.4. The molecule has 1 heterocycles. The second-order valence-electron chi connectivity index (χ2n) is 4.68. The van der Waals surface area contributed by atoms with Gasteiger partial charge in [0.1, 0.15) is 0 Å². The highest BCUT2D eigenvalue weighted by Gasteiger charge is 2.10. The van der Waals surface area contributed by atoms with Gasteiger partial charge in [-0.3, -0.25) is 5.01 Å². The highest BCUT2D eigenvalue weighted by molar-refractivity contribution is 5.86. The molecule has 0 amide bonds. The first-order valence-electron chi connectivity index (χ1n) is 6.25. The van der Waals surface area contributed by atoms with Gasteiger partial charge in [0, 0.05) is 38.7 Å². The van der Waals surface area contributed by atoms with Gasteiger partial charge in [0.25, 0.3) is 0 Å². The molecule has 1 saturated heterocycles. The highest BCUT2D eigenvalue weighted by Crippen LogP contribution is 2.23. The molecule has 3 nitrogen and oxygen atoms in total. The van der Waals surface area contributed by atoms with Gasteiger partial charge in [0.2, 0.25) is 0 Å². The number of rotatable bonds is 2. The van der Waals surface area contributed by atoms with Crippen LogP contribution in [-0.4, -0.2) is 25.8 Å². The number of hydrogen-bond donors (Lipinski definition) is 1. The predicted octanol–water partition coefficient (Wildman–Crippen LogP) is 2.48. The fourth-order valence-electron chi connectivity index (χ4n) is 2.39. The van der Waals surface area contributed by atoms with E-state index in [9.17, 15) is 0 Å². The van der Waals surface area contributed by atoms with Crippen molar-refractivity contribution < 1.29 is 0 Å². The first kappa shape index (κ1) is 12.1. The van der Waals surface area contributed by atoms with Gasteiger partial charge >= 0.3 is 0 Å². The lowest BCUT2D eigenvalue weighted by Gasteiger charge is -2.22. The van der Waals surface area contributed by atoms with Gasteiger partial charge in [-0.2, -0.15) is 5.10 Å². The SMILES string of the molecule is Cc1cccc(C)c1N(C)N=C1CCNCC1. The first-order valence-corrected chi connectivity index (χ1v) is 6.25. The van der Waals surface area contributed by atoms with Crippen molar-refractivity contribution in [1.82, 2.24) is 5.32 Å². The van der Waals surface area contributed by atoms with E-state index in [0.717, 1.165) is 25.9 Å². The summed E-state index contributed by atoms with van der Waals surface area (Å²) < 4.78 is 0. The van der Waals surface area contributed by atoms with Gasteiger partial charge in [-0.25, -0.2) is 0 Å². The van der Waals surface area contributed by atoms with Crippen LogP contribution >= 0.6 is 0 Å². The number of hydrogen-bond acceptors (Lipinski definition) is 3. The third-order valence-electron chi connectivity index (χ3n) is 3.24. The topological polar surface area (TPSA) is 27.6 Å². The van der Waals surface area contributed by atoms with Crippen LogP contribution in [0.5, 0.6) is 0 Å². The van der Waals surface area contributed by atoms with Crippen LogP contribution in [0.3, 0.4) is 0 Å². The molecule has 1 aromatic rings. The van der Waals surface area contributed by atoms with Crippen molar-refractivity contribution in [2.24, 2.45) is 5.10 Å². The minimum absolute atomic E-state index is 1.05. The molecule has 1 aliphatic heterocycles. The summed E-state index contributed by atoms with van der Waals surface area (Å²) >= 11 is 0. The summed E-state index contributed by atoms with van der Waals surface area (Å²) in [4.78, 5) is 0. The van der Waals surface area contributed by atoms with Gasteiger partial charge < -0.3 is 5.32 Å². The number of aryl methyl sites for hydroxylation is 2. The van der Waals surface area contributed by atoms with Gasteiger partial charge in [0.05, 0.1) is 5.69 Å². The zero-order chi connectivity index (χ0) is 12.3. The monoisotopic (exact) mass is 231 g/mol. The molecule has 0 aliphatic carbocycles. The van der Waals surface area contributed by atoms with Crippen LogP contribution in [0.2, 0.25) is 0 Å². The Labute approximate surface area is 104 Å². The molecule has 0 saturated carbocycles. The summed E-state index contributed by atoms with van der Waals surface area (Å²) in [5.74, 6) is 0. The second-order valence-corrected chi connectivity index (χ2v) is 4.68. The van der Waals surface area contributed by atoms with E-state index in [4.69, 9.17) is 5.10 Å². The molecular formula is C14H21N3. The lowest BCUT2D eigenvalue weighted by atomic mass is 10.1. The number of nitrogens with one attached hydrogen (secondary N) is 1. The zero-order valence-corrected chi connectivity index (χ0v) is 11.0. The average Bonchev–Trinajstić information content (AvgIpc) is 2.30. The molecule has 3 heteroatoms. The number of piperidine rings is 1. The Morgan fingerprint density at radius 3 is 2.29 bits per heavy atom. The smallest absolute Gasteiger partial charge is 0.0648 e. The van der Waals surface area contributed by atoms with Gasteiger partial charge in [-0.05, 0) is 25.0 Å². The fraction of sp³-hybridized carbons (Fsp3) is 0.500. The Kier molecular flexibility index (Phi) is 3.79. The lowest BCUT2D eigenvalue weighted by molar-refractivity contribution is 0.667. The molecule has 1 aromatic carbocycles. The zero-order valence-electron chi connectivity index (χ0n) is 11.0. The summed E-state index contributed by atoms with van der Waals surface area (Å²) in [6, 6.07) is 6.38. The molecular weight excluding hydrogens is 210 g/mol. The molecule has 0 atom stereocenters. The maximum absolute atomic E-state index is 4.74. The Balaban J connectivity index is 2.21. The van der Waals surface area contributed by atoms with Crippen LogP contribution in [0.4, 0.5) is 5.69 Å². The molecule has 1 N–H and O–H groups in total. The summed E-state index contributed by atoms with van der Waals surface area (Å²) in [5.41, 5.74) is 5.10. The van der Waals surface area contributed by atoms with Crippen molar-refractivity contribution in [3.05, 3.63) is 29.3 Å². The van der Waals surface area contributed by atoms with E-state index in [1.165, 1.54) is 22.5 Å². The standard InChI is InChI=1S/C14H21N3/c1-11-5-4-6-12(2)14(11)17(3)16-13-7-9-15-10-8-13/h4-6,15H,7-10H2,1-3H3. The van der Waals surface area contributed by atoms with Crippen molar-refractivity contribution in [2.45, 2.75) is 26.7 Å². The molecule has 0 aromatic heterocycles. The number of anilines is 1. The Bertz CT molecular complexity index is 395. The number of hydrazone groups is 1. The molecule has 1 aliphatic rings. The van der Waals surface area contributed by atoms with E-state index in [2.05, 4.69) is 37.4 Å². The third-order valence-corrected chi connectivity index (χ3v) is 3.24. The molecule has 0 spiro atoms. The molecule has 0 bridgehead atoms. The van der Waals surface area contributed by atoms with Gasteiger partial charge in [-0.15, -0.1) is 0 Å². The molecule has 2 rings (SSSR count). The minimum Gasteiger partial charge on any atom is -0.316 e. The van der Waals surface area contributed by atoms with E-state index >= 15 is 0 Å². The predicted molar refractivity (Wildman–Crippen MR) is 73.9 cm³/mol. The van der Waals surface area contributed by atoms with Crippen LogP contribution in [0, 0.1) is 13.8 Å².